The van der Waals surface area contributed by atoms with Crippen molar-refractivity contribution in [2.45, 2.75) is 30.7 Å². The van der Waals surface area contributed by atoms with Crippen LogP contribution >= 0.6 is 0 Å². The van der Waals surface area contributed by atoms with Gasteiger partial charge in [-0.05, 0) is 73.4 Å². The molecule has 0 saturated carbocycles. The summed E-state index contributed by atoms with van der Waals surface area (Å²) in [6.45, 7) is 6.00. The average molecular weight is 540 g/mol. The van der Waals surface area contributed by atoms with Gasteiger partial charge in [-0.1, -0.05) is 12.1 Å². The van der Waals surface area contributed by atoms with Gasteiger partial charge in [-0.25, -0.2) is 12.8 Å². The van der Waals surface area contributed by atoms with E-state index in [0.29, 0.717) is 18.0 Å². The Balaban J connectivity index is 1.31. The lowest BCUT2D eigenvalue weighted by Crippen LogP contribution is -2.47. The molecule has 0 amide bonds. The lowest BCUT2D eigenvalue weighted by Gasteiger charge is -2.40. The molecule has 0 spiro atoms. The zero-order valence-electron chi connectivity index (χ0n) is 22.1. The van der Waals surface area contributed by atoms with Crippen molar-refractivity contribution in [3.63, 3.8) is 0 Å². The molecule has 7 nitrogen and oxygen atoms in total. The number of piperazine rings is 1. The molecule has 2 aliphatic heterocycles. The monoisotopic (exact) mass is 539 g/mol. The van der Waals surface area contributed by atoms with Gasteiger partial charge in [0.05, 0.1) is 30.5 Å². The van der Waals surface area contributed by atoms with Gasteiger partial charge in [0.15, 0.2) is 0 Å². The van der Waals surface area contributed by atoms with Gasteiger partial charge < -0.3 is 14.4 Å². The van der Waals surface area contributed by atoms with Gasteiger partial charge >= 0.3 is 0 Å². The van der Waals surface area contributed by atoms with Crippen LogP contribution in [0.1, 0.15) is 30.5 Å². The molecule has 1 fully saturated rings. The first kappa shape index (κ1) is 26.3. The number of benzene rings is 3. The van der Waals surface area contributed by atoms with E-state index in [0.717, 1.165) is 56.0 Å². The van der Waals surface area contributed by atoms with E-state index in [1.807, 2.05) is 6.07 Å². The summed E-state index contributed by atoms with van der Waals surface area (Å²) < 4.78 is 52.7. The van der Waals surface area contributed by atoms with Crippen molar-refractivity contribution in [1.82, 2.24) is 4.90 Å². The second-order valence-electron chi connectivity index (χ2n) is 9.76. The highest BCUT2D eigenvalue weighted by molar-refractivity contribution is 7.92. The number of nitrogens with zero attached hydrogens (tertiary/aromatic N) is 3. The number of aryl methyl sites for hydroxylation is 1. The number of halogens is 1. The van der Waals surface area contributed by atoms with Crippen LogP contribution in [-0.4, -0.2) is 60.3 Å². The van der Waals surface area contributed by atoms with E-state index in [9.17, 15) is 12.8 Å². The maximum Gasteiger partial charge on any atom is 0.264 e. The third-order valence-electron chi connectivity index (χ3n) is 7.65. The van der Waals surface area contributed by atoms with E-state index >= 15 is 0 Å². The number of ether oxygens (including phenoxy) is 2. The van der Waals surface area contributed by atoms with Crippen LogP contribution in [0, 0.1) is 5.82 Å². The number of hydrogen-bond donors (Lipinski definition) is 0. The summed E-state index contributed by atoms with van der Waals surface area (Å²) in [5.41, 5.74) is 3.91. The summed E-state index contributed by atoms with van der Waals surface area (Å²) in [5, 5.41) is 0. The molecule has 0 aromatic heterocycles. The minimum Gasteiger partial charge on any atom is -0.497 e. The molecule has 38 heavy (non-hydrogen) atoms. The Morgan fingerprint density at radius 1 is 0.842 bits per heavy atom. The normalized spacial score (nSPS) is 17.2. The molecule has 1 unspecified atom stereocenters. The Kier molecular flexibility index (Phi) is 7.49. The first-order valence-corrected chi connectivity index (χ1v) is 14.4. The van der Waals surface area contributed by atoms with Crippen molar-refractivity contribution in [2.24, 2.45) is 0 Å². The third kappa shape index (κ3) is 5.05. The molecule has 9 heteroatoms. The number of anilines is 2. The van der Waals surface area contributed by atoms with Crippen LogP contribution in [0.5, 0.6) is 11.5 Å². The number of fused-ring (bicyclic) bond motifs is 1. The van der Waals surface area contributed by atoms with Gasteiger partial charge in [0.1, 0.15) is 17.3 Å². The Morgan fingerprint density at radius 2 is 1.55 bits per heavy atom. The summed E-state index contributed by atoms with van der Waals surface area (Å²) in [7, 11) is -0.540. The van der Waals surface area contributed by atoms with Gasteiger partial charge in [-0.2, -0.15) is 0 Å². The van der Waals surface area contributed by atoms with E-state index in [-0.39, 0.29) is 16.8 Å². The average Bonchev–Trinajstić information content (AvgIpc) is 2.96. The smallest absolute Gasteiger partial charge is 0.264 e. The lowest BCUT2D eigenvalue weighted by atomic mass is 9.97. The highest BCUT2D eigenvalue weighted by atomic mass is 32.2. The van der Waals surface area contributed by atoms with Gasteiger partial charge in [-0.15, -0.1) is 0 Å². The summed E-state index contributed by atoms with van der Waals surface area (Å²) in [5.74, 6) is 0.871. The topological polar surface area (TPSA) is 62.3 Å². The van der Waals surface area contributed by atoms with Crippen LogP contribution in [-0.2, 0) is 16.4 Å². The summed E-state index contributed by atoms with van der Waals surface area (Å²) in [6, 6.07) is 17.6. The van der Waals surface area contributed by atoms with Crippen molar-refractivity contribution in [3.8, 4) is 11.5 Å². The third-order valence-corrected chi connectivity index (χ3v) is 9.48. The first-order chi connectivity index (χ1) is 18.3. The standard InChI is InChI=1S/C29H34FN3O4S/c1-21(31-15-17-32(18-16-31)28-13-7-24(30)20-29(28)37-3)22-6-12-27-23(19-22)5-4-14-33(27)38(34,35)26-10-8-25(36-2)9-11-26/h6-13,19-21H,4-5,14-18H2,1-3H3. The highest BCUT2D eigenvalue weighted by Crippen LogP contribution is 2.36. The molecule has 2 aliphatic rings. The van der Waals surface area contributed by atoms with Gasteiger partial charge in [-0.3, -0.25) is 9.21 Å². The van der Waals surface area contributed by atoms with Crippen LogP contribution in [0.3, 0.4) is 0 Å². The maximum atomic E-state index is 13.6. The molecular formula is C29H34FN3O4S. The van der Waals surface area contributed by atoms with Gasteiger partial charge in [0.25, 0.3) is 10.0 Å². The first-order valence-electron chi connectivity index (χ1n) is 12.9. The quantitative estimate of drug-likeness (QED) is 0.427. The van der Waals surface area contributed by atoms with Gasteiger partial charge in [0, 0.05) is 44.8 Å². The Bertz CT molecular complexity index is 1390. The minimum atomic E-state index is -3.67. The summed E-state index contributed by atoms with van der Waals surface area (Å²) in [6.07, 6.45) is 1.63. The molecule has 5 rings (SSSR count). The lowest BCUT2D eigenvalue weighted by molar-refractivity contribution is 0.198. The maximum absolute atomic E-state index is 13.6. The van der Waals surface area contributed by atoms with Crippen LogP contribution in [0.25, 0.3) is 0 Å². The summed E-state index contributed by atoms with van der Waals surface area (Å²) in [4.78, 5) is 4.93. The van der Waals surface area contributed by atoms with Crippen molar-refractivity contribution >= 4 is 21.4 Å². The number of hydrogen-bond acceptors (Lipinski definition) is 6. The molecule has 0 N–H and O–H groups in total. The molecule has 0 radical (unpaired) electrons. The minimum absolute atomic E-state index is 0.186. The van der Waals surface area contributed by atoms with Crippen molar-refractivity contribution in [3.05, 3.63) is 77.6 Å². The molecule has 1 atom stereocenters. The van der Waals surface area contributed by atoms with E-state index in [1.165, 1.54) is 22.0 Å². The van der Waals surface area contributed by atoms with E-state index in [4.69, 9.17) is 9.47 Å². The van der Waals surface area contributed by atoms with Gasteiger partial charge in [0.2, 0.25) is 0 Å². The molecule has 202 valence electrons. The Labute approximate surface area is 224 Å². The van der Waals surface area contributed by atoms with Crippen molar-refractivity contribution < 1.29 is 22.3 Å². The highest BCUT2D eigenvalue weighted by Gasteiger charge is 2.30. The Hall–Kier alpha value is -3.30. The predicted octanol–water partition coefficient (Wildman–Crippen LogP) is 4.87. The van der Waals surface area contributed by atoms with E-state index in [1.54, 1.807) is 44.6 Å². The largest absolute Gasteiger partial charge is 0.497 e. The molecule has 0 bridgehead atoms. The molecule has 3 aromatic carbocycles. The van der Waals surface area contributed by atoms with Crippen LogP contribution in [0.15, 0.2) is 65.6 Å². The molecular weight excluding hydrogens is 505 g/mol. The van der Waals surface area contributed by atoms with Crippen LogP contribution in [0.4, 0.5) is 15.8 Å². The predicted molar refractivity (Wildman–Crippen MR) is 147 cm³/mol. The fraction of sp³-hybridized carbons (Fsp3) is 0.379. The van der Waals surface area contributed by atoms with E-state index in [2.05, 4.69) is 28.9 Å². The fourth-order valence-electron chi connectivity index (χ4n) is 5.44. The fourth-order valence-corrected chi connectivity index (χ4v) is 6.98. The second-order valence-corrected chi connectivity index (χ2v) is 11.6. The molecule has 2 heterocycles. The van der Waals surface area contributed by atoms with E-state index < -0.39 is 10.0 Å². The summed E-state index contributed by atoms with van der Waals surface area (Å²) >= 11 is 0. The SMILES string of the molecule is COc1ccc(S(=O)(=O)N2CCCc3cc(C(C)N4CCN(c5ccc(F)cc5OC)CC4)ccc32)cc1. The zero-order valence-corrected chi connectivity index (χ0v) is 22.9. The number of sulfonamides is 1. The molecule has 3 aromatic rings. The van der Waals surface area contributed by atoms with Crippen molar-refractivity contribution in [1.29, 1.82) is 0 Å². The molecule has 1 saturated heterocycles. The zero-order chi connectivity index (χ0) is 26.9. The van der Waals surface area contributed by atoms with Crippen LogP contribution in [0.2, 0.25) is 0 Å². The number of rotatable bonds is 7. The van der Waals surface area contributed by atoms with Crippen LogP contribution < -0.4 is 18.7 Å². The molecule has 0 aliphatic carbocycles. The second kappa shape index (κ2) is 10.8. The van der Waals surface area contributed by atoms with Crippen molar-refractivity contribution in [2.75, 3.05) is 56.1 Å². The Morgan fingerprint density at radius 3 is 2.24 bits per heavy atom. The number of methoxy groups -OCH3 is 2.